The van der Waals surface area contributed by atoms with Gasteiger partial charge in [-0.25, -0.2) is 0 Å². The van der Waals surface area contributed by atoms with Crippen LogP contribution in [-0.2, 0) is 11.3 Å². The van der Waals surface area contributed by atoms with Gasteiger partial charge in [-0.15, -0.1) is 0 Å². The molecule has 0 bridgehead atoms. The lowest BCUT2D eigenvalue weighted by Crippen LogP contribution is -2.21. The van der Waals surface area contributed by atoms with Gasteiger partial charge in [-0.05, 0) is 31.4 Å². The number of rotatable bonds is 7. The van der Waals surface area contributed by atoms with Crippen molar-refractivity contribution in [1.82, 2.24) is 4.57 Å². The van der Waals surface area contributed by atoms with Crippen LogP contribution < -0.4 is 16.6 Å². The first-order valence-electron chi connectivity index (χ1n) is 6.77. The Morgan fingerprint density at radius 3 is 2.84 bits per heavy atom. The molecule has 0 saturated carbocycles. The second kappa shape index (κ2) is 7.74. The Bertz CT molecular complexity index is 468. The lowest BCUT2D eigenvalue weighted by Gasteiger charge is -2.10. The highest BCUT2D eigenvalue weighted by Gasteiger charge is 2.06. The van der Waals surface area contributed by atoms with Crippen LogP contribution >= 0.6 is 0 Å². The average molecular weight is 265 g/mol. The van der Waals surface area contributed by atoms with E-state index in [-0.39, 0.29) is 11.5 Å². The molecule has 19 heavy (non-hydrogen) atoms. The number of amides is 1. The topological polar surface area (TPSA) is 77.1 Å². The predicted molar refractivity (Wildman–Crippen MR) is 77.1 cm³/mol. The van der Waals surface area contributed by atoms with Gasteiger partial charge in [0.15, 0.2) is 0 Å². The van der Waals surface area contributed by atoms with Crippen LogP contribution in [0.1, 0.15) is 33.1 Å². The van der Waals surface area contributed by atoms with Gasteiger partial charge in [0.1, 0.15) is 0 Å². The van der Waals surface area contributed by atoms with Crippen molar-refractivity contribution in [3.05, 3.63) is 28.7 Å². The van der Waals surface area contributed by atoms with Crippen LogP contribution in [-0.4, -0.2) is 17.0 Å². The summed E-state index contributed by atoms with van der Waals surface area (Å²) in [6.07, 6.45) is 3.80. The van der Waals surface area contributed by atoms with Crippen LogP contribution in [0.2, 0.25) is 0 Å². The molecule has 0 aliphatic rings. The lowest BCUT2D eigenvalue weighted by molar-refractivity contribution is -0.116. The molecule has 3 N–H and O–H groups in total. The summed E-state index contributed by atoms with van der Waals surface area (Å²) >= 11 is 0. The number of carbonyl (C=O) groups excluding carboxylic acids is 1. The minimum Gasteiger partial charge on any atom is -0.330 e. The van der Waals surface area contributed by atoms with Gasteiger partial charge in [-0.2, -0.15) is 0 Å². The van der Waals surface area contributed by atoms with Gasteiger partial charge < -0.3 is 15.6 Å². The van der Waals surface area contributed by atoms with Crippen LogP contribution in [0.15, 0.2) is 23.1 Å². The Balaban J connectivity index is 2.59. The van der Waals surface area contributed by atoms with Gasteiger partial charge >= 0.3 is 0 Å². The Kier molecular flexibility index (Phi) is 6.29. The first kappa shape index (κ1) is 15.4. The van der Waals surface area contributed by atoms with Crippen molar-refractivity contribution in [2.75, 3.05) is 11.9 Å². The molecular formula is C14H23N3O2. The molecule has 1 heterocycles. The monoisotopic (exact) mass is 265 g/mol. The molecule has 5 nitrogen and oxygen atoms in total. The molecule has 1 unspecified atom stereocenters. The summed E-state index contributed by atoms with van der Waals surface area (Å²) < 4.78 is 1.61. The number of hydrogen-bond donors (Lipinski definition) is 2. The molecule has 1 aromatic heterocycles. The molecule has 1 atom stereocenters. The number of aryl methyl sites for hydroxylation is 1. The fourth-order valence-electron chi connectivity index (χ4n) is 1.74. The number of nitrogens with zero attached hydrogens (tertiary/aromatic N) is 1. The highest BCUT2D eigenvalue weighted by Crippen LogP contribution is 2.08. The van der Waals surface area contributed by atoms with E-state index in [0.717, 1.165) is 12.8 Å². The highest BCUT2D eigenvalue weighted by molar-refractivity contribution is 5.90. The molecule has 0 aliphatic carbocycles. The van der Waals surface area contributed by atoms with E-state index in [1.54, 1.807) is 16.8 Å². The smallest absolute Gasteiger partial charge is 0.250 e. The van der Waals surface area contributed by atoms with Crippen LogP contribution in [0.25, 0.3) is 0 Å². The maximum absolute atomic E-state index is 11.7. The summed E-state index contributed by atoms with van der Waals surface area (Å²) in [6.45, 7) is 5.28. The number of nitrogens with one attached hydrogen (secondary N) is 1. The van der Waals surface area contributed by atoms with Crippen LogP contribution in [0.4, 0.5) is 5.69 Å². The van der Waals surface area contributed by atoms with Gasteiger partial charge in [0.25, 0.3) is 5.56 Å². The van der Waals surface area contributed by atoms with Gasteiger partial charge in [0.2, 0.25) is 5.91 Å². The van der Waals surface area contributed by atoms with Crippen molar-refractivity contribution < 1.29 is 4.79 Å². The maximum atomic E-state index is 11.7. The summed E-state index contributed by atoms with van der Waals surface area (Å²) in [5, 5.41) is 2.81. The van der Waals surface area contributed by atoms with Gasteiger partial charge in [0, 0.05) is 25.2 Å². The van der Waals surface area contributed by atoms with E-state index in [1.807, 2.05) is 13.8 Å². The normalized spacial score (nSPS) is 12.2. The average Bonchev–Trinajstić information content (AvgIpc) is 2.40. The Labute approximate surface area is 113 Å². The summed E-state index contributed by atoms with van der Waals surface area (Å²) in [4.78, 5) is 23.3. The van der Waals surface area contributed by atoms with E-state index in [2.05, 4.69) is 5.32 Å². The zero-order valence-electron chi connectivity index (χ0n) is 11.7. The molecule has 0 fully saturated rings. The first-order chi connectivity index (χ1) is 9.06. The van der Waals surface area contributed by atoms with E-state index < -0.39 is 0 Å². The minimum absolute atomic E-state index is 0.0398. The molecule has 0 spiro atoms. The minimum atomic E-state index is -0.0448. The molecule has 5 heteroatoms. The summed E-state index contributed by atoms with van der Waals surface area (Å²) in [5.74, 6) is 0.307. The van der Waals surface area contributed by atoms with Gasteiger partial charge in [-0.1, -0.05) is 13.8 Å². The number of aromatic nitrogens is 1. The van der Waals surface area contributed by atoms with E-state index in [0.29, 0.717) is 31.1 Å². The van der Waals surface area contributed by atoms with Crippen LogP contribution in [0, 0.1) is 5.92 Å². The third kappa shape index (κ3) is 5.26. The van der Waals surface area contributed by atoms with Crippen LogP contribution in [0.5, 0.6) is 0 Å². The molecule has 1 rings (SSSR count). The highest BCUT2D eigenvalue weighted by atomic mass is 16.1. The largest absolute Gasteiger partial charge is 0.330 e. The van der Waals surface area contributed by atoms with E-state index in [4.69, 9.17) is 5.73 Å². The number of anilines is 1. The number of carbonyl (C=O) groups is 1. The fraction of sp³-hybridized carbons (Fsp3) is 0.571. The number of pyridine rings is 1. The van der Waals surface area contributed by atoms with Crippen molar-refractivity contribution in [1.29, 1.82) is 0 Å². The molecule has 1 aromatic rings. The molecule has 0 aromatic carbocycles. The predicted octanol–water partition coefficient (Wildman–Crippen LogP) is 1.57. The zero-order chi connectivity index (χ0) is 14.3. The van der Waals surface area contributed by atoms with Crippen molar-refractivity contribution >= 4 is 11.6 Å². The number of nitrogens with two attached hydrogens (primary N) is 1. The molecular weight excluding hydrogens is 242 g/mol. The van der Waals surface area contributed by atoms with E-state index in [1.165, 1.54) is 6.07 Å². The maximum Gasteiger partial charge on any atom is 0.250 e. The Morgan fingerprint density at radius 2 is 2.21 bits per heavy atom. The third-order valence-corrected chi connectivity index (χ3v) is 3.00. The molecule has 0 saturated heterocycles. The van der Waals surface area contributed by atoms with Gasteiger partial charge in [0.05, 0.1) is 5.69 Å². The van der Waals surface area contributed by atoms with E-state index >= 15 is 0 Å². The molecule has 106 valence electrons. The van der Waals surface area contributed by atoms with Crippen molar-refractivity contribution in [3.63, 3.8) is 0 Å². The molecule has 0 radical (unpaired) electrons. The van der Waals surface area contributed by atoms with Gasteiger partial charge in [-0.3, -0.25) is 9.59 Å². The molecule has 0 aliphatic heterocycles. The quantitative estimate of drug-likeness (QED) is 0.785. The Morgan fingerprint density at radius 1 is 1.47 bits per heavy atom. The second-order valence-corrected chi connectivity index (χ2v) is 4.88. The summed E-state index contributed by atoms with van der Waals surface area (Å²) in [5.41, 5.74) is 6.13. The zero-order valence-corrected chi connectivity index (χ0v) is 11.7. The first-order valence-corrected chi connectivity index (χ1v) is 6.77. The van der Waals surface area contributed by atoms with Crippen molar-refractivity contribution in [3.8, 4) is 0 Å². The standard InChI is InChI=1S/C14H23N3O2/c1-3-8-17-10-12(5-7-14(17)19)16-13(18)6-4-11(2)9-15/h5,7,10-11H,3-4,6,8-9,15H2,1-2H3,(H,16,18). The van der Waals surface area contributed by atoms with Crippen LogP contribution in [0.3, 0.4) is 0 Å². The van der Waals surface area contributed by atoms with Crippen molar-refractivity contribution in [2.45, 2.75) is 39.7 Å². The van der Waals surface area contributed by atoms with E-state index in [9.17, 15) is 9.59 Å². The lowest BCUT2D eigenvalue weighted by atomic mass is 10.1. The molecule has 1 amide bonds. The number of hydrogen-bond acceptors (Lipinski definition) is 3. The fourth-order valence-corrected chi connectivity index (χ4v) is 1.74. The van der Waals surface area contributed by atoms with Crippen molar-refractivity contribution in [2.24, 2.45) is 11.7 Å². The summed E-state index contributed by atoms with van der Waals surface area (Å²) in [7, 11) is 0. The summed E-state index contributed by atoms with van der Waals surface area (Å²) in [6, 6.07) is 3.12. The third-order valence-electron chi connectivity index (χ3n) is 3.00. The Hall–Kier alpha value is -1.62. The second-order valence-electron chi connectivity index (χ2n) is 4.88. The SMILES string of the molecule is CCCn1cc(NC(=O)CCC(C)CN)ccc1=O.